The third kappa shape index (κ3) is 3.45. The van der Waals surface area contributed by atoms with Gasteiger partial charge in [0, 0.05) is 32.6 Å². The average Bonchev–Trinajstić information content (AvgIpc) is 3.09. The highest BCUT2D eigenvalue weighted by atomic mass is 16.5. The molecule has 0 radical (unpaired) electrons. The number of carbonyl (C=O) groups is 1. The second kappa shape index (κ2) is 6.96. The van der Waals surface area contributed by atoms with E-state index in [0.717, 1.165) is 42.7 Å². The zero-order valence-corrected chi connectivity index (χ0v) is 13.7. The van der Waals surface area contributed by atoms with Crippen molar-refractivity contribution < 1.29 is 9.53 Å². The fraction of sp³-hybridized carbons (Fsp3) is 0.444. The van der Waals surface area contributed by atoms with Crippen molar-refractivity contribution in [3.05, 3.63) is 48.0 Å². The van der Waals surface area contributed by atoms with Crippen LogP contribution in [0, 0.1) is 12.8 Å². The van der Waals surface area contributed by atoms with Gasteiger partial charge in [-0.1, -0.05) is 11.6 Å². The molecule has 1 aliphatic heterocycles. The van der Waals surface area contributed by atoms with Crippen molar-refractivity contribution in [2.24, 2.45) is 5.92 Å². The van der Waals surface area contributed by atoms with Crippen molar-refractivity contribution >= 4 is 5.91 Å². The fourth-order valence-corrected chi connectivity index (χ4v) is 3.24. The van der Waals surface area contributed by atoms with E-state index in [0.29, 0.717) is 12.5 Å². The number of benzene rings is 1. The molecule has 5 nitrogen and oxygen atoms in total. The molecule has 1 unspecified atom stereocenters. The highest BCUT2D eigenvalue weighted by Gasteiger charge is 2.26. The minimum Gasteiger partial charge on any atom is -0.384 e. The Balaban J connectivity index is 1.88. The summed E-state index contributed by atoms with van der Waals surface area (Å²) in [6, 6.07) is 5.98. The van der Waals surface area contributed by atoms with E-state index in [4.69, 9.17) is 4.74 Å². The van der Waals surface area contributed by atoms with E-state index in [2.05, 4.69) is 4.98 Å². The number of nitrogens with zero attached hydrogens (tertiary/aromatic N) is 3. The molecule has 122 valence electrons. The number of amides is 1. The first kappa shape index (κ1) is 15.7. The van der Waals surface area contributed by atoms with Crippen LogP contribution in [0.4, 0.5) is 0 Å². The molecule has 1 fully saturated rings. The van der Waals surface area contributed by atoms with E-state index in [-0.39, 0.29) is 5.91 Å². The van der Waals surface area contributed by atoms with Gasteiger partial charge in [0.1, 0.15) is 0 Å². The van der Waals surface area contributed by atoms with Crippen molar-refractivity contribution in [3.8, 4) is 5.69 Å². The molecule has 0 aliphatic carbocycles. The summed E-state index contributed by atoms with van der Waals surface area (Å²) in [6.07, 6.45) is 7.48. The van der Waals surface area contributed by atoms with Crippen molar-refractivity contribution in [3.63, 3.8) is 0 Å². The standard InChI is InChI=1S/C18H23N3O2/c1-14-5-6-17(21-9-7-19-13-21)16(10-14)18(22)20-8-3-4-15(11-20)12-23-2/h5-7,9-10,13,15H,3-4,8,11-12H2,1-2H3. The molecule has 1 amide bonds. The summed E-state index contributed by atoms with van der Waals surface area (Å²) >= 11 is 0. The number of imidazole rings is 1. The van der Waals surface area contributed by atoms with Gasteiger partial charge in [0.05, 0.1) is 24.2 Å². The van der Waals surface area contributed by atoms with Gasteiger partial charge in [-0.3, -0.25) is 4.79 Å². The van der Waals surface area contributed by atoms with Crippen LogP contribution in [-0.2, 0) is 4.74 Å². The molecule has 0 bridgehead atoms. The molecule has 0 N–H and O–H groups in total. The van der Waals surface area contributed by atoms with Crippen LogP contribution in [0.15, 0.2) is 36.9 Å². The number of carbonyl (C=O) groups excluding carboxylic acids is 1. The second-order valence-electron chi connectivity index (χ2n) is 6.21. The number of aryl methyl sites for hydroxylation is 1. The van der Waals surface area contributed by atoms with Crippen LogP contribution in [0.2, 0.25) is 0 Å². The van der Waals surface area contributed by atoms with Crippen LogP contribution in [0.5, 0.6) is 0 Å². The predicted molar refractivity (Wildman–Crippen MR) is 88.8 cm³/mol. The molecule has 1 aromatic heterocycles. The van der Waals surface area contributed by atoms with E-state index in [1.807, 2.05) is 40.8 Å². The van der Waals surface area contributed by atoms with E-state index in [1.54, 1.807) is 19.6 Å². The van der Waals surface area contributed by atoms with E-state index < -0.39 is 0 Å². The molecule has 1 aliphatic rings. The molecule has 1 saturated heterocycles. The lowest BCUT2D eigenvalue weighted by atomic mass is 9.97. The molecule has 3 rings (SSSR count). The van der Waals surface area contributed by atoms with Crippen LogP contribution < -0.4 is 0 Å². The number of aromatic nitrogens is 2. The van der Waals surface area contributed by atoms with Gasteiger partial charge in [0.2, 0.25) is 0 Å². The molecule has 0 spiro atoms. The third-order valence-electron chi connectivity index (χ3n) is 4.37. The lowest BCUT2D eigenvalue weighted by Crippen LogP contribution is -2.41. The first-order chi connectivity index (χ1) is 11.2. The molecule has 5 heteroatoms. The summed E-state index contributed by atoms with van der Waals surface area (Å²) in [5.41, 5.74) is 2.70. The lowest BCUT2D eigenvalue weighted by Gasteiger charge is -2.33. The van der Waals surface area contributed by atoms with Gasteiger partial charge in [0.25, 0.3) is 5.91 Å². The Labute approximate surface area is 136 Å². The second-order valence-corrected chi connectivity index (χ2v) is 6.21. The van der Waals surface area contributed by atoms with E-state index in [9.17, 15) is 4.79 Å². The van der Waals surface area contributed by atoms with Gasteiger partial charge >= 0.3 is 0 Å². The van der Waals surface area contributed by atoms with Crippen molar-refractivity contribution in [2.75, 3.05) is 26.8 Å². The number of methoxy groups -OCH3 is 1. The minimum absolute atomic E-state index is 0.0956. The summed E-state index contributed by atoms with van der Waals surface area (Å²) in [5, 5.41) is 0. The number of rotatable bonds is 4. The monoisotopic (exact) mass is 313 g/mol. The lowest BCUT2D eigenvalue weighted by molar-refractivity contribution is 0.0571. The van der Waals surface area contributed by atoms with E-state index >= 15 is 0 Å². The highest BCUT2D eigenvalue weighted by Crippen LogP contribution is 2.23. The van der Waals surface area contributed by atoms with Crippen LogP contribution in [0.1, 0.15) is 28.8 Å². The maximum absolute atomic E-state index is 13.1. The molecule has 2 heterocycles. The molecule has 1 aromatic carbocycles. The number of hydrogen-bond donors (Lipinski definition) is 0. The molecular formula is C18H23N3O2. The smallest absolute Gasteiger partial charge is 0.256 e. The summed E-state index contributed by atoms with van der Waals surface area (Å²) in [4.78, 5) is 19.1. The first-order valence-corrected chi connectivity index (χ1v) is 8.06. The van der Waals surface area contributed by atoms with Crippen LogP contribution in [0.25, 0.3) is 5.69 Å². The maximum atomic E-state index is 13.1. The number of likely N-dealkylation sites (tertiary alicyclic amines) is 1. The quantitative estimate of drug-likeness (QED) is 0.872. The number of hydrogen-bond acceptors (Lipinski definition) is 3. The van der Waals surface area contributed by atoms with Crippen molar-refractivity contribution in [1.82, 2.24) is 14.5 Å². The largest absolute Gasteiger partial charge is 0.384 e. The third-order valence-corrected chi connectivity index (χ3v) is 4.37. The summed E-state index contributed by atoms with van der Waals surface area (Å²) in [6.45, 7) is 4.31. The Bertz CT molecular complexity index is 665. The summed E-state index contributed by atoms with van der Waals surface area (Å²) in [5.74, 6) is 0.525. The molecular weight excluding hydrogens is 290 g/mol. The minimum atomic E-state index is 0.0956. The van der Waals surface area contributed by atoms with Crippen LogP contribution >= 0.6 is 0 Å². The van der Waals surface area contributed by atoms with Crippen molar-refractivity contribution in [2.45, 2.75) is 19.8 Å². The van der Waals surface area contributed by atoms with Gasteiger partial charge in [-0.25, -0.2) is 4.98 Å². The van der Waals surface area contributed by atoms with Gasteiger partial charge in [-0.05, 0) is 37.8 Å². The number of ether oxygens (including phenoxy) is 1. The van der Waals surface area contributed by atoms with E-state index in [1.165, 1.54) is 0 Å². The maximum Gasteiger partial charge on any atom is 0.256 e. The molecule has 1 atom stereocenters. The van der Waals surface area contributed by atoms with Crippen LogP contribution in [0.3, 0.4) is 0 Å². The zero-order valence-electron chi connectivity index (χ0n) is 13.7. The zero-order chi connectivity index (χ0) is 16.2. The predicted octanol–water partition coefficient (Wildman–Crippen LogP) is 2.68. The topological polar surface area (TPSA) is 47.4 Å². The summed E-state index contributed by atoms with van der Waals surface area (Å²) in [7, 11) is 1.72. The Morgan fingerprint density at radius 1 is 1.43 bits per heavy atom. The average molecular weight is 313 g/mol. The molecule has 23 heavy (non-hydrogen) atoms. The summed E-state index contributed by atoms with van der Waals surface area (Å²) < 4.78 is 7.16. The van der Waals surface area contributed by atoms with Crippen molar-refractivity contribution in [1.29, 1.82) is 0 Å². The number of piperidine rings is 1. The molecule has 0 saturated carbocycles. The van der Waals surface area contributed by atoms with Gasteiger partial charge in [-0.15, -0.1) is 0 Å². The first-order valence-electron chi connectivity index (χ1n) is 8.06. The van der Waals surface area contributed by atoms with Gasteiger partial charge in [-0.2, -0.15) is 0 Å². The van der Waals surface area contributed by atoms with Crippen LogP contribution in [-0.4, -0.2) is 47.2 Å². The van der Waals surface area contributed by atoms with Gasteiger partial charge < -0.3 is 14.2 Å². The fourth-order valence-electron chi connectivity index (χ4n) is 3.24. The normalized spacial score (nSPS) is 18.2. The Morgan fingerprint density at radius 2 is 2.30 bits per heavy atom. The van der Waals surface area contributed by atoms with Gasteiger partial charge in [0.15, 0.2) is 0 Å². The Kier molecular flexibility index (Phi) is 4.76. The SMILES string of the molecule is COCC1CCCN(C(=O)c2cc(C)ccc2-n2ccnc2)C1. The Morgan fingerprint density at radius 3 is 3.04 bits per heavy atom. The highest BCUT2D eigenvalue weighted by molar-refractivity contribution is 5.98. The Hall–Kier alpha value is -2.14. The molecule has 2 aromatic rings.